The first kappa shape index (κ1) is 9.92. The smallest absolute Gasteiger partial charge is 0.0435 e. The van der Waals surface area contributed by atoms with E-state index in [9.17, 15) is 0 Å². The van der Waals surface area contributed by atoms with Crippen molar-refractivity contribution in [2.75, 3.05) is 0 Å². The van der Waals surface area contributed by atoms with E-state index in [0.717, 1.165) is 15.1 Å². The van der Waals surface area contributed by atoms with Crippen molar-refractivity contribution in [1.29, 1.82) is 0 Å². The van der Waals surface area contributed by atoms with Crippen molar-refractivity contribution in [3.05, 3.63) is 33.3 Å². The van der Waals surface area contributed by atoms with Crippen molar-refractivity contribution in [3.63, 3.8) is 0 Å². The third kappa shape index (κ3) is 2.27. The van der Waals surface area contributed by atoms with Crippen LogP contribution in [0.1, 0.15) is 5.56 Å². The van der Waals surface area contributed by atoms with E-state index in [1.807, 2.05) is 25.1 Å². The van der Waals surface area contributed by atoms with E-state index in [0.29, 0.717) is 0 Å². The minimum atomic E-state index is 0. The van der Waals surface area contributed by atoms with Crippen molar-refractivity contribution in [1.82, 2.24) is 0 Å². The molecule has 10 heavy (non-hydrogen) atoms. The Bertz CT molecular complexity index is 225. The average molecular weight is 225 g/mol. The minimum absolute atomic E-state index is 0. The van der Waals surface area contributed by atoms with Gasteiger partial charge < -0.3 is 0 Å². The van der Waals surface area contributed by atoms with Crippen LogP contribution in [0.15, 0.2) is 22.7 Å². The maximum atomic E-state index is 5.76. The van der Waals surface area contributed by atoms with Crippen molar-refractivity contribution in [2.24, 2.45) is 0 Å². The fourth-order valence-corrected chi connectivity index (χ4v) is 1.20. The summed E-state index contributed by atoms with van der Waals surface area (Å²) in [5.74, 6) is 0. The van der Waals surface area contributed by atoms with Crippen LogP contribution in [0.2, 0.25) is 5.02 Å². The number of hydrogen-bond acceptors (Lipinski definition) is 0. The van der Waals surface area contributed by atoms with Crippen molar-refractivity contribution >= 4 is 27.5 Å². The summed E-state index contributed by atoms with van der Waals surface area (Å²) >= 11 is 9.10. The summed E-state index contributed by atoms with van der Waals surface area (Å²) in [7, 11) is 0. The second-order valence-electron chi connectivity index (χ2n) is 1.89. The Balaban J connectivity index is 0.000000810. The second-order valence-corrected chi connectivity index (χ2v) is 3.22. The first-order chi connectivity index (χ1) is 4.20. The minimum Gasteiger partial charge on any atom is -0.269 e. The molecule has 3 heteroatoms. The lowest BCUT2D eigenvalue weighted by molar-refractivity contribution is 1.11. The molecule has 0 radical (unpaired) electrons. The Morgan fingerprint density at radius 1 is 1.40 bits per heavy atom. The fraction of sp³-hybridized carbons (Fsp3) is 0.143. The van der Waals surface area contributed by atoms with Crippen LogP contribution in [-0.4, -0.2) is 0 Å². The van der Waals surface area contributed by atoms with E-state index in [4.69, 9.17) is 11.6 Å². The quantitative estimate of drug-likeness (QED) is 0.633. The third-order valence-corrected chi connectivity index (χ3v) is 2.04. The molecule has 0 bridgehead atoms. The molecule has 0 aliphatic carbocycles. The van der Waals surface area contributed by atoms with Gasteiger partial charge in [0.05, 0.1) is 0 Å². The van der Waals surface area contributed by atoms with Gasteiger partial charge >= 0.3 is 0 Å². The lowest BCUT2D eigenvalue weighted by atomic mass is 10.2. The van der Waals surface area contributed by atoms with Gasteiger partial charge in [-0.1, -0.05) is 27.5 Å². The van der Waals surface area contributed by atoms with Gasteiger partial charge in [0.2, 0.25) is 0 Å². The molecule has 0 unspecified atom stereocenters. The summed E-state index contributed by atoms with van der Waals surface area (Å²) in [5, 5.41) is 0.818. The zero-order chi connectivity index (χ0) is 6.85. The van der Waals surface area contributed by atoms with Gasteiger partial charge in [0.15, 0.2) is 0 Å². The monoisotopic (exact) mass is 224 g/mol. The van der Waals surface area contributed by atoms with Crippen LogP contribution in [0, 0.1) is 6.92 Å². The van der Waals surface area contributed by atoms with Crippen LogP contribution < -0.4 is 0 Å². The summed E-state index contributed by atoms with van der Waals surface area (Å²) < 4.78 is 1.07. The summed E-state index contributed by atoms with van der Waals surface area (Å²) in [6.45, 7) is 1.98. The topological polar surface area (TPSA) is 0 Å². The van der Waals surface area contributed by atoms with E-state index in [1.165, 1.54) is 0 Å². The highest BCUT2D eigenvalue weighted by Crippen LogP contribution is 2.19. The highest BCUT2D eigenvalue weighted by molar-refractivity contribution is 9.10. The molecule has 0 spiro atoms. The first-order valence-electron chi connectivity index (χ1n) is 2.62. The Hall–Kier alpha value is -0.0800. The molecule has 1 aromatic carbocycles. The van der Waals surface area contributed by atoms with Crippen molar-refractivity contribution in [3.8, 4) is 0 Å². The van der Waals surface area contributed by atoms with Gasteiger partial charge in [0, 0.05) is 9.50 Å². The molecular formula is C7H7BrClF. The molecular weight excluding hydrogens is 218 g/mol. The normalized spacial score (nSPS) is 8.70. The summed E-state index contributed by atoms with van der Waals surface area (Å²) in [6, 6.07) is 5.79. The standard InChI is InChI=1S/C7H6BrCl.FH/c1-5-4-6(8)2-3-7(5)9;/h2-4H,1H3;1H. The van der Waals surface area contributed by atoms with Crippen LogP contribution in [0.4, 0.5) is 4.70 Å². The van der Waals surface area contributed by atoms with E-state index in [1.54, 1.807) is 0 Å². The SMILES string of the molecule is Cc1cc(Br)ccc1Cl.F. The fourth-order valence-electron chi connectivity index (χ4n) is 0.608. The molecule has 0 aliphatic heterocycles. The van der Waals surface area contributed by atoms with Gasteiger partial charge in [-0.15, -0.1) is 0 Å². The maximum Gasteiger partial charge on any atom is 0.0435 e. The molecule has 0 saturated carbocycles. The van der Waals surface area contributed by atoms with Crippen LogP contribution in [0.3, 0.4) is 0 Å². The lowest BCUT2D eigenvalue weighted by Gasteiger charge is -1.95. The van der Waals surface area contributed by atoms with Crippen LogP contribution in [0.5, 0.6) is 0 Å². The molecule has 0 N–H and O–H groups in total. The van der Waals surface area contributed by atoms with Crippen LogP contribution >= 0.6 is 27.5 Å². The van der Waals surface area contributed by atoms with E-state index in [2.05, 4.69) is 15.9 Å². The van der Waals surface area contributed by atoms with Crippen molar-refractivity contribution in [2.45, 2.75) is 6.92 Å². The van der Waals surface area contributed by atoms with Gasteiger partial charge in [0.25, 0.3) is 0 Å². The van der Waals surface area contributed by atoms with Gasteiger partial charge in [-0.3, -0.25) is 4.70 Å². The lowest BCUT2D eigenvalue weighted by Crippen LogP contribution is -1.72. The highest BCUT2D eigenvalue weighted by Gasteiger charge is 1.92. The zero-order valence-electron chi connectivity index (χ0n) is 5.40. The summed E-state index contributed by atoms with van der Waals surface area (Å²) in [6.07, 6.45) is 0. The van der Waals surface area contributed by atoms with Gasteiger partial charge in [0.1, 0.15) is 0 Å². The average Bonchev–Trinajstić information content (AvgIpc) is 1.80. The number of halogens is 3. The van der Waals surface area contributed by atoms with Crippen LogP contribution in [-0.2, 0) is 0 Å². The Morgan fingerprint density at radius 2 is 2.00 bits per heavy atom. The molecule has 0 heterocycles. The molecule has 1 aromatic rings. The van der Waals surface area contributed by atoms with Gasteiger partial charge in [-0.2, -0.15) is 0 Å². The molecule has 56 valence electrons. The first-order valence-corrected chi connectivity index (χ1v) is 3.79. The predicted molar refractivity (Wildman–Crippen MR) is 46.4 cm³/mol. The molecule has 0 saturated heterocycles. The summed E-state index contributed by atoms with van der Waals surface area (Å²) in [5.41, 5.74) is 1.10. The molecule has 0 nitrogen and oxygen atoms in total. The molecule has 1 rings (SSSR count). The number of hydrogen-bond donors (Lipinski definition) is 0. The van der Waals surface area contributed by atoms with Gasteiger partial charge in [-0.05, 0) is 30.7 Å². The zero-order valence-corrected chi connectivity index (χ0v) is 7.74. The second kappa shape index (κ2) is 3.94. The molecule has 0 fully saturated rings. The van der Waals surface area contributed by atoms with Crippen LogP contribution in [0.25, 0.3) is 0 Å². The van der Waals surface area contributed by atoms with E-state index in [-0.39, 0.29) is 4.70 Å². The molecule has 0 aromatic heterocycles. The Morgan fingerprint density at radius 3 is 2.40 bits per heavy atom. The summed E-state index contributed by atoms with van der Waals surface area (Å²) in [4.78, 5) is 0. The molecule has 0 atom stereocenters. The van der Waals surface area contributed by atoms with Crippen molar-refractivity contribution < 1.29 is 4.70 Å². The largest absolute Gasteiger partial charge is 0.269 e. The third-order valence-electron chi connectivity index (χ3n) is 1.12. The number of rotatable bonds is 0. The Kier molecular flexibility index (Phi) is 3.91. The molecule has 0 aliphatic rings. The van der Waals surface area contributed by atoms with Gasteiger partial charge in [-0.25, -0.2) is 0 Å². The number of aryl methyl sites for hydroxylation is 1. The van der Waals surface area contributed by atoms with E-state index >= 15 is 0 Å². The predicted octanol–water partition coefficient (Wildman–Crippen LogP) is 3.56. The Labute approximate surface area is 72.7 Å². The number of benzene rings is 1. The highest BCUT2D eigenvalue weighted by atomic mass is 79.9. The molecule has 0 amide bonds. The maximum absolute atomic E-state index is 5.76. The van der Waals surface area contributed by atoms with E-state index < -0.39 is 0 Å².